The first-order chi connectivity index (χ1) is 12.2. The number of rotatable bonds is 4. The second-order valence-electron chi connectivity index (χ2n) is 7.45. The third kappa shape index (κ3) is 3.36. The van der Waals surface area contributed by atoms with Gasteiger partial charge >= 0.3 is 0 Å². The summed E-state index contributed by atoms with van der Waals surface area (Å²) in [7, 11) is 2.20. The van der Waals surface area contributed by atoms with Crippen LogP contribution in [-0.2, 0) is 6.54 Å². The van der Waals surface area contributed by atoms with Crippen LogP contribution in [0, 0.1) is 0 Å². The average molecular weight is 337 g/mol. The van der Waals surface area contributed by atoms with Crippen LogP contribution in [0.2, 0.25) is 0 Å². The molecule has 4 nitrogen and oxygen atoms in total. The predicted octanol–water partition coefficient (Wildman–Crippen LogP) is 3.24. The van der Waals surface area contributed by atoms with E-state index in [1.807, 2.05) is 24.3 Å². The topological polar surface area (TPSA) is 28.5 Å². The van der Waals surface area contributed by atoms with E-state index in [-0.39, 0.29) is 5.91 Å². The van der Waals surface area contributed by atoms with Crippen LogP contribution in [0.3, 0.4) is 0 Å². The molecule has 2 aliphatic heterocycles. The van der Waals surface area contributed by atoms with Crippen molar-refractivity contribution in [1.29, 1.82) is 0 Å². The summed E-state index contributed by atoms with van der Waals surface area (Å²) in [5, 5.41) is 0. The molecular weight excluding hydrogens is 310 g/mol. The highest BCUT2D eigenvalue weighted by Crippen LogP contribution is 2.30. The minimum atomic E-state index is 0.204. The number of nitrogens with zero attached hydrogens (tertiary/aromatic N) is 3. The molecule has 4 rings (SSSR count). The summed E-state index contributed by atoms with van der Waals surface area (Å²) in [5.41, 5.74) is 2.05. The highest BCUT2D eigenvalue weighted by molar-refractivity contribution is 5.94. The summed E-state index contributed by atoms with van der Waals surface area (Å²) in [6.07, 6.45) is 8.88. The number of carbonyl (C=O) groups is 1. The zero-order valence-corrected chi connectivity index (χ0v) is 15.0. The Kier molecular flexibility index (Phi) is 4.62. The summed E-state index contributed by atoms with van der Waals surface area (Å²) < 4.78 is 2.14. The van der Waals surface area contributed by atoms with E-state index in [1.54, 1.807) is 0 Å². The Morgan fingerprint density at radius 3 is 2.36 bits per heavy atom. The number of likely N-dealkylation sites (tertiary alicyclic amines) is 2. The van der Waals surface area contributed by atoms with E-state index in [0.717, 1.165) is 38.0 Å². The van der Waals surface area contributed by atoms with E-state index in [1.165, 1.54) is 18.4 Å². The molecule has 132 valence electrons. The van der Waals surface area contributed by atoms with E-state index >= 15 is 0 Å². The maximum Gasteiger partial charge on any atom is 0.254 e. The molecule has 2 atom stereocenters. The zero-order chi connectivity index (χ0) is 17.2. The molecule has 0 N–H and O–H groups in total. The highest BCUT2D eigenvalue weighted by Gasteiger charge is 2.38. The summed E-state index contributed by atoms with van der Waals surface area (Å²) in [6.45, 7) is 2.91. The lowest BCUT2D eigenvalue weighted by Crippen LogP contribution is -2.47. The molecule has 2 fully saturated rings. The van der Waals surface area contributed by atoms with Gasteiger partial charge in [0.1, 0.15) is 0 Å². The van der Waals surface area contributed by atoms with Gasteiger partial charge in [-0.25, -0.2) is 0 Å². The largest absolute Gasteiger partial charge is 0.350 e. The molecule has 2 aliphatic rings. The molecule has 3 heterocycles. The monoisotopic (exact) mass is 337 g/mol. The molecule has 0 aliphatic carbocycles. The molecule has 25 heavy (non-hydrogen) atoms. The minimum absolute atomic E-state index is 0.204. The van der Waals surface area contributed by atoms with Crippen molar-refractivity contribution in [3.63, 3.8) is 0 Å². The lowest BCUT2D eigenvalue weighted by Gasteiger charge is -2.33. The van der Waals surface area contributed by atoms with E-state index in [9.17, 15) is 4.79 Å². The molecule has 1 aromatic heterocycles. The highest BCUT2D eigenvalue weighted by atomic mass is 16.2. The van der Waals surface area contributed by atoms with Gasteiger partial charge in [0, 0.05) is 43.1 Å². The van der Waals surface area contributed by atoms with E-state index in [2.05, 4.69) is 45.9 Å². The predicted molar refractivity (Wildman–Crippen MR) is 99.7 cm³/mol. The fraction of sp³-hybridized carbons (Fsp3) is 0.476. The fourth-order valence-corrected chi connectivity index (χ4v) is 4.47. The fourth-order valence-electron chi connectivity index (χ4n) is 4.47. The summed E-state index contributed by atoms with van der Waals surface area (Å²) in [4.78, 5) is 17.6. The lowest BCUT2D eigenvalue weighted by atomic mass is 10.0. The standard InChI is InChI=1S/C21H27N3O/c1-22-12-4-6-19(22)20-7-5-15-24(20)21(25)18-10-8-17(9-11-18)16-23-13-2-3-14-23/h2-3,8-11,13-14,19-20H,4-7,12,15-16H2,1H3/t19-,20+/m0/s1. The van der Waals surface area contributed by atoms with Crippen molar-refractivity contribution in [3.05, 3.63) is 59.9 Å². The van der Waals surface area contributed by atoms with Crippen LogP contribution >= 0.6 is 0 Å². The van der Waals surface area contributed by atoms with Crippen LogP contribution in [0.4, 0.5) is 0 Å². The van der Waals surface area contributed by atoms with Crippen molar-refractivity contribution in [2.24, 2.45) is 0 Å². The first-order valence-electron chi connectivity index (χ1n) is 9.43. The van der Waals surface area contributed by atoms with Gasteiger partial charge in [0.25, 0.3) is 5.91 Å². The van der Waals surface area contributed by atoms with Gasteiger partial charge in [0.2, 0.25) is 0 Å². The molecule has 0 unspecified atom stereocenters. The van der Waals surface area contributed by atoms with E-state index in [0.29, 0.717) is 12.1 Å². The van der Waals surface area contributed by atoms with E-state index < -0.39 is 0 Å². The summed E-state index contributed by atoms with van der Waals surface area (Å²) in [5.74, 6) is 0.204. The Balaban J connectivity index is 1.46. The lowest BCUT2D eigenvalue weighted by molar-refractivity contribution is 0.0664. The smallest absolute Gasteiger partial charge is 0.254 e. The third-order valence-corrected chi connectivity index (χ3v) is 5.81. The van der Waals surface area contributed by atoms with Crippen LogP contribution in [0.1, 0.15) is 41.6 Å². The maximum atomic E-state index is 13.1. The van der Waals surface area contributed by atoms with Gasteiger partial charge < -0.3 is 14.4 Å². The average Bonchev–Trinajstić information content (AvgIpc) is 3.36. The van der Waals surface area contributed by atoms with Crippen molar-refractivity contribution in [3.8, 4) is 0 Å². The summed E-state index contributed by atoms with van der Waals surface area (Å²) in [6, 6.07) is 13.2. The van der Waals surface area contributed by atoms with Crippen molar-refractivity contribution in [1.82, 2.24) is 14.4 Å². The van der Waals surface area contributed by atoms with Crippen LogP contribution in [0.5, 0.6) is 0 Å². The molecule has 1 aromatic carbocycles. The normalized spacial score (nSPS) is 24.1. The van der Waals surface area contributed by atoms with Crippen molar-refractivity contribution < 1.29 is 4.79 Å². The Labute approximate surface area is 150 Å². The Morgan fingerprint density at radius 1 is 1.00 bits per heavy atom. The molecule has 2 aromatic rings. The number of benzene rings is 1. The van der Waals surface area contributed by atoms with E-state index in [4.69, 9.17) is 0 Å². The SMILES string of the molecule is CN1CCC[C@H]1[C@H]1CCCN1C(=O)c1ccc(Cn2cccc2)cc1. The number of hydrogen-bond acceptors (Lipinski definition) is 2. The Bertz CT molecular complexity index is 707. The molecule has 0 spiro atoms. The second-order valence-corrected chi connectivity index (χ2v) is 7.45. The van der Waals surface area contributed by atoms with Gasteiger partial charge in [-0.15, -0.1) is 0 Å². The Hall–Kier alpha value is -2.07. The molecule has 4 heteroatoms. The second kappa shape index (κ2) is 7.04. The van der Waals surface area contributed by atoms with Crippen LogP contribution in [0.25, 0.3) is 0 Å². The first-order valence-corrected chi connectivity index (χ1v) is 9.43. The maximum absolute atomic E-state index is 13.1. The van der Waals surface area contributed by atoms with Crippen LogP contribution in [0.15, 0.2) is 48.8 Å². The quantitative estimate of drug-likeness (QED) is 0.857. The van der Waals surface area contributed by atoms with Crippen molar-refractivity contribution in [2.45, 2.75) is 44.3 Å². The van der Waals surface area contributed by atoms with Gasteiger partial charge in [-0.05, 0) is 69.1 Å². The van der Waals surface area contributed by atoms with Gasteiger partial charge in [0.05, 0.1) is 0 Å². The number of amides is 1. The Morgan fingerprint density at radius 2 is 1.68 bits per heavy atom. The number of aromatic nitrogens is 1. The molecule has 0 bridgehead atoms. The zero-order valence-electron chi connectivity index (χ0n) is 15.0. The minimum Gasteiger partial charge on any atom is -0.350 e. The number of carbonyl (C=O) groups excluding carboxylic acids is 1. The summed E-state index contributed by atoms with van der Waals surface area (Å²) >= 11 is 0. The van der Waals surface area contributed by atoms with Gasteiger partial charge in [0.15, 0.2) is 0 Å². The van der Waals surface area contributed by atoms with Crippen LogP contribution < -0.4 is 0 Å². The van der Waals surface area contributed by atoms with Crippen LogP contribution in [-0.4, -0.2) is 52.5 Å². The molecule has 1 amide bonds. The van der Waals surface area contributed by atoms with Crippen molar-refractivity contribution >= 4 is 5.91 Å². The third-order valence-electron chi connectivity index (χ3n) is 5.81. The first kappa shape index (κ1) is 16.4. The molecule has 2 saturated heterocycles. The van der Waals surface area contributed by atoms with Gasteiger partial charge in [-0.1, -0.05) is 12.1 Å². The van der Waals surface area contributed by atoms with Gasteiger partial charge in [-0.3, -0.25) is 4.79 Å². The van der Waals surface area contributed by atoms with Gasteiger partial charge in [-0.2, -0.15) is 0 Å². The molecule has 0 radical (unpaired) electrons. The number of hydrogen-bond donors (Lipinski definition) is 0. The van der Waals surface area contributed by atoms with Crippen molar-refractivity contribution in [2.75, 3.05) is 20.1 Å². The molecular formula is C21H27N3O. The molecule has 0 saturated carbocycles. The number of likely N-dealkylation sites (N-methyl/N-ethyl adjacent to an activating group) is 1.